The van der Waals surface area contributed by atoms with Gasteiger partial charge in [0, 0.05) is 6.04 Å². The van der Waals surface area contributed by atoms with Gasteiger partial charge in [-0.15, -0.1) is 0 Å². The van der Waals surface area contributed by atoms with Gasteiger partial charge in [-0.05, 0) is 39.8 Å². The molecule has 0 radical (unpaired) electrons. The number of carbonyl (C=O) groups is 1. The second kappa shape index (κ2) is 5.83. The fourth-order valence-electron chi connectivity index (χ4n) is 1.26. The van der Waals surface area contributed by atoms with Gasteiger partial charge in [-0.3, -0.25) is 0 Å². The molecule has 12 heavy (non-hydrogen) atoms. The third kappa shape index (κ3) is 5.97. The maximum Gasteiger partial charge on any atom is 0.402 e. The summed E-state index contributed by atoms with van der Waals surface area (Å²) >= 11 is 0. The molecule has 3 N–H and O–H groups in total. The maximum atomic E-state index is 8.78. The lowest BCUT2D eigenvalue weighted by Crippen LogP contribution is -2.26. The molecule has 0 aromatic carbocycles. The molecule has 0 aromatic rings. The Bertz CT molecular complexity index is 127. The van der Waals surface area contributed by atoms with Crippen LogP contribution in [0.4, 0.5) is 4.79 Å². The number of carboxylic acid groups (broad SMARTS) is 1. The van der Waals surface area contributed by atoms with Gasteiger partial charge in [0.1, 0.15) is 0 Å². The van der Waals surface area contributed by atoms with Crippen LogP contribution in [0.2, 0.25) is 0 Å². The van der Waals surface area contributed by atoms with E-state index in [1.54, 1.807) is 0 Å². The molecular weight excluding hydrogens is 156 g/mol. The van der Waals surface area contributed by atoms with E-state index >= 15 is 0 Å². The highest BCUT2D eigenvalue weighted by Gasteiger charge is 2.13. The van der Waals surface area contributed by atoms with E-state index in [2.05, 4.69) is 24.5 Å². The predicted octanol–water partition coefficient (Wildman–Crippen LogP) is 1.11. The first-order valence-electron chi connectivity index (χ1n) is 4.26. The van der Waals surface area contributed by atoms with Gasteiger partial charge < -0.3 is 15.7 Å². The molecule has 1 aliphatic heterocycles. The number of nitrogens with two attached hydrogens (primary N) is 1. The number of hydrogen-bond donors (Lipinski definition) is 2. The van der Waals surface area contributed by atoms with E-state index in [1.165, 1.54) is 25.9 Å². The third-order valence-electron chi connectivity index (χ3n) is 1.87. The molecule has 0 spiro atoms. The van der Waals surface area contributed by atoms with Gasteiger partial charge in [-0.25, -0.2) is 4.79 Å². The fourth-order valence-corrected chi connectivity index (χ4v) is 1.26. The van der Waals surface area contributed by atoms with Crippen molar-refractivity contribution >= 4 is 6.09 Å². The predicted molar refractivity (Wildman–Crippen MR) is 48.2 cm³/mol. The first-order valence-corrected chi connectivity index (χ1v) is 4.26. The van der Waals surface area contributed by atoms with Crippen molar-refractivity contribution in [3.63, 3.8) is 0 Å². The van der Waals surface area contributed by atoms with Crippen molar-refractivity contribution in [1.82, 2.24) is 4.90 Å². The summed E-state index contributed by atoms with van der Waals surface area (Å²) in [6.07, 6.45) is 1.50. The summed E-state index contributed by atoms with van der Waals surface area (Å²) in [4.78, 5) is 11.3. The summed E-state index contributed by atoms with van der Waals surface area (Å²) in [5, 5.41) is 7.19. The van der Waals surface area contributed by atoms with Crippen molar-refractivity contribution in [3.8, 4) is 0 Å². The number of rotatable bonds is 1. The SMILES string of the molecule is CC(C)N1CCCC1.NC(=O)O. The molecule has 0 aromatic heterocycles. The molecule has 0 saturated carbocycles. The first-order chi connectivity index (χ1) is 5.54. The monoisotopic (exact) mass is 174 g/mol. The van der Waals surface area contributed by atoms with Crippen LogP contribution < -0.4 is 5.73 Å². The Balaban J connectivity index is 0.000000261. The molecule has 0 unspecified atom stereocenters. The maximum absolute atomic E-state index is 8.78. The Morgan fingerprint density at radius 3 is 1.92 bits per heavy atom. The van der Waals surface area contributed by atoms with E-state index in [4.69, 9.17) is 9.90 Å². The smallest absolute Gasteiger partial charge is 0.402 e. The molecule has 4 heteroatoms. The molecule has 0 atom stereocenters. The van der Waals surface area contributed by atoms with Crippen molar-refractivity contribution in [2.45, 2.75) is 32.7 Å². The van der Waals surface area contributed by atoms with Gasteiger partial charge in [0.2, 0.25) is 0 Å². The minimum Gasteiger partial charge on any atom is -0.465 e. The summed E-state index contributed by atoms with van der Waals surface area (Å²) in [7, 11) is 0. The van der Waals surface area contributed by atoms with Crippen molar-refractivity contribution in [2.75, 3.05) is 13.1 Å². The molecule has 4 nitrogen and oxygen atoms in total. The van der Waals surface area contributed by atoms with Crippen LogP contribution in [-0.2, 0) is 0 Å². The van der Waals surface area contributed by atoms with E-state index in [9.17, 15) is 0 Å². The number of primary amides is 1. The quantitative estimate of drug-likeness (QED) is 0.626. The van der Waals surface area contributed by atoms with E-state index < -0.39 is 6.09 Å². The van der Waals surface area contributed by atoms with Crippen LogP contribution in [0.3, 0.4) is 0 Å². The lowest BCUT2D eigenvalue weighted by atomic mass is 10.3. The number of hydrogen-bond acceptors (Lipinski definition) is 2. The second-order valence-electron chi connectivity index (χ2n) is 3.18. The van der Waals surface area contributed by atoms with Crippen molar-refractivity contribution in [2.24, 2.45) is 5.73 Å². The van der Waals surface area contributed by atoms with Crippen LogP contribution >= 0.6 is 0 Å². The van der Waals surface area contributed by atoms with Crippen LogP contribution in [0.1, 0.15) is 26.7 Å². The molecule has 0 aliphatic carbocycles. The van der Waals surface area contributed by atoms with Crippen LogP contribution in [0.5, 0.6) is 0 Å². The average molecular weight is 174 g/mol. The molecular formula is C8H18N2O2. The van der Waals surface area contributed by atoms with Gasteiger partial charge in [0.05, 0.1) is 0 Å². The van der Waals surface area contributed by atoms with Crippen LogP contribution in [0, 0.1) is 0 Å². The van der Waals surface area contributed by atoms with Crippen LogP contribution in [-0.4, -0.2) is 35.2 Å². The molecule has 1 fully saturated rings. The summed E-state index contributed by atoms with van der Waals surface area (Å²) < 4.78 is 0. The van der Waals surface area contributed by atoms with E-state index in [-0.39, 0.29) is 0 Å². The normalized spacial score (nSPS) is 17.2. The Labute approximate surface area is 73.3 Å². The van der Waals surface area contributed by atoms with Gasteiger partial charge in [-0.2, -0.15) is 0 Å². The topological polar surface area (TPSA) is 66.6 Å². The summed E-state index contributed by atoms with van der Waals surface area (Å²) in [5.74, 6) is 0. The van der Waals surface area contributed by atoms with E-state index in [0.29, 0.717) is 0 Å². The summed E-state index contributed by atoms with van der Waals surface area (Å²) in [6.45, 7) is 7.20. The van der Waals surface area contributed by atoms with Crippen LogP contribution in [0.25, 0.3) is 0 Å². The highest BCUT2D eigenvalue weighted by atomic mass is 16.4. The standard InChI is InChI=1S/C7H15N.CH3NO2/c1-7(2)8-5-3-4-6-8;2-1(3)4/h7H,3-6H2,1-2H3;2H2,(H,3,4). The fraction of sp³-hybridized carbons (Fsp3) is 0.875. The lowest BCUT2D eigenvalue weighted by molar-refractivity contribution is 0.205. The number of nitrogens with zero attached hydrogens (tertiary/aromatic N) is 1. The first kappa shape index (κ1) is 11.2. The molecule has 1 amide bonds. The highest BCUT2D eigenvalue weighted by Crippen LogP contribution is 2.09. The van der Waals surface area contributed by atoms with Gasteiger partial charge in [0.15, 0.2) is 0 Å². The van der Waals surface area contributed by atoms with Gasteiger partial charge >= 0.3 is 6.09 Å². The Morgan fingerprint density at radius 2 is 1.75 bits per heavy atom. The number of likely N-dealkylation sites (tertiary alicyclic amines) is 1. The molecule has 1 aliphatic rings. The number of amides is 1. The summed E-state index contributed by atoms with van der Waals surface area (Å²) in [5.41, 5.74) is 4.03. The van der Waals surface area contributed by atoms with E-state index in [1.807, 2.05) is 0 Å². The largest absolute Gasteiger partial charge is 0.465 e. The zero-order valence-corrected chi connectivity index (χ0v) is 7.79. The van der Waals surface area contributed by atoms with E-state index in [0.717, 1.165) is 6.04 Å². The zero-order valence-electron chi connectivity index (χ0n) is 7.79. The zero-order chi connectivity index (χ0) is 9.56. The average Bonchev–Trinajstić information content (AvgIpc) is 2.34. The van der Waals surface area contributed by atoms with Gasteiger partial charge in [-0.1, -0.05) is 0 Å². The third-order valence-corrected chi connectivity index (χ3v) is 1.87. The minimum atomic E-state index is -1.33. The van der Waals surface area contributed by atoms with Crippen molar-refractivity contribution in [3.05, 3.63) is 0 Å². The molecule has 1 saturated heterocycles. The van der Waals surface area contributed by atoms with Gasteiger partial charge in [0.25, 0.3) is 0 Å². The molecule has 1 heterocycles. The Hall–Kier alpha value is -0.770. The van der Waals surface area contributed by atoms with Crippen LogP contribution in [0.15, 0.2) is 0 Å². The molecule has 72 valence electrons. The highest BCUT2D eigenvalue weighted by molar-refractivity contribution is 5.61. The molecule has 1 rings (SSSR count). The summed E-state index contributed by atoms with van der Waals surface area (Å²) in [6, 6.07) is 0.775. The Kier molecular flexibility index (Phi) is 5.45. The van der Waals surface area contributed by atoms with Crippen molar-refractivity contribution in [1.29, 1.82) is 0 Å². The van der Waals surface area contributed by atoms with Crippen molar-refractivity contribution < 1.29 is 9.90 Å². The second-order valence-corrected chi connectivity index (χ2v) is 3.18. The Morgan fingerprint density at radius 1 is 1.42 bits per heavy atom. The molecule has 0 bridgehead atoms. The minimum absolute atomic E-state index is 0.775. The lowest BCUT2D eigenvalue weighted by Gasteiger charge is -2.18.